The minimum absolute atomic E-state index is 0.346. The van der Waals surface area contributed by atoms with Crippen molar-refractivity contribution in [1.82, 2.24) is 14.9 Å². The van der Waals surface area contributed by atoms with Crippen molar-refractivity contribution in [2.24, 2.45) is 23.2 Å². The highest BCUT2D eigenvalue weighted by molar-refractivity contribution is 5.77. The zero-order valence-electron chi connectivity index (χ0n) is 18.8. The minimum atomic E-state index is 0.346. The average Bonchev–Trinajstić information content (AvgIpc) is 2.79. The molecule has 2 saturated heterocycles. The first-order chi connectivity index (χ1) is 15.2. The number of carbonyl (C=O) groups is 1. The fraction of sp³-hybridized carbons (Fsp3) is 0.800. The molecule has 1 amide bonds. The Kier molecular flexibility index (Phi) is 5.07. The number of aromatic nitrogens is 2. The van der Waals surface area contributed by atoms with Gasteiger partial charge in [0.25, 0.3) is 0 Å². The lowest BCUT2D eigenvalue weighted by atomic mass is 9.49. The lowest BCUT2D eigenvalue weighted by Crippen LogP contribution is -2.52. The van der Waals surface area contributed by atoms with Gasteiger partial charge in [0.2, 0.25) is 11.9 Å². The van der Waals surface area contributed by atoms with Crippen molar-refractivity contribution in [3.63, 3.8) is 0 Å². The Hall–Kier alpha value is -1.85. The van der Waals surface area contributed by atoms with Crippen molar-refractivity contribution < 1.29 is 4.79 Å². The van der Waals surface area contributed by atoms with Crippen LogP contribution in [0.1, 0.15) is 64.2 Å². The highest BCUT2D eigenvalue weighted by Gasteiger charge is 2.51. The summed E-state index contributed by atoms with van der Waals surface area (Å²) in [5.41, 5.74) is 0.346. The molecular weight excluding hydrogens is 386 g/mol. The number of piperidine rings is 1. The van der Waals surface area contributed by atoms with Gasteiger partial charge in [-0.1, -0.05) is 0 Å². The third-order valence-corrected chi connectivity index (χ3v) is 8.91. The maximum absolute atomic E-state index is 13.3. The second kappa shape index (κ2) is 7.93. The maximum Gasteiger partial charge on any atom is 0.227 e. The van der Waals surface area contributed by atoms with Gasteiger partial charge in [-0.15, -0.1) is 0 Å². The summed E-state index contributed by atoms with van der Waals surface area (Å²) in [4.78, 5) is 29.5. The van der Waals surface area contributed by atoms with Crippen LogP contribution in [0.25, 0.3) is 0 Å². The number of hydrogen-bond donors (Lipinski definition) is 0. The zero-order chi connectivity index (χ0) is 20.8. The molecule has 0 radical (unpaired) electrons. The van der Waals surface area contributed by atoms with Crippen LogP contribution in [0.2, 0.25) is 0 Å². The molecule has 0 N–H and O–H groups in total. The van der Waals surface area contributed by atoms with E-state index < -0.39 is 0 Å². The lowest BCUT2D eigenvalue weighted by molar-refractivity contribution is -0.139. The fourth-order valence-electron chi connectivity index (χ4n) is 7.89. The quantitative estimate of drug-likeness (QED) is 0.739. The third kappa shape index (κ3) is 3.91. The summed E-state index contributed by atoms with van der Waals surface area (Å²) in [6.45, 7) is 5.54. The van der Waals surface area contributed by atoms with Crippen LogP contribution in [0, 0.1) is 23.2 Å². The number of carbonyl (C=O) groups excluding carboxylic acids is 1. The molecule has 0 aromatic carbocycles. The SMILES string of the molecule is O=C(CC12CC3CC(CC(C3)C1)C2)N1CCN(c2ccnc(N3CCCCC3)n2)CC1. The van der Waals surface area contributed by atoms with Crippen molar-refractivity contribution in [2.45, 2.75) is 64.2 Å². The summed E-state index contributed by atoms with van der Waals surface area (Å²) in [5, 5.41) is 0. The molecule has 0 unspecified atom stereocenters. The highest BCUT2D eigenvalue weighted by atomic mass is 16.2. The van der Waals surface area contributed by atoms with E-state index in [0.29, 0.717) is 11.3 Å². The van der Waals surface area contributed by atoms with Crippen molar-refractivity contribution in [3.05, 3.63) is 12.3 Å². The molecule has 4 aliphatic carbocycles. The molecule has 3 heterocycles. The number of anilines is 2. The standard InChI is InChI=1S/C25H37N5O/c31-23(18-25-15-19-12-20(16-25)14-21(13-19)17-25)29-10-8-28(9-11-29)22-4-5-26-24(27-22)30-6-2-1-3-7-30/h4-5,19-21H,1-3,6-18H2. The van der Waals surface area contributed by atoms with E-state index in [-0.39, 0.29) is 0 Å². The third-order valence-electron chi connectivity index (χ3n) is 8.91. The maximum atomic E-state index is 13.3. The van der Waals surface area contributed by atoms with Crippen molar-refractivity contribution in [3.8, 4) is 0 Å². The predicted molar refractivity (Wildman–Crippen MR) is 122 cm³/mol. The van der Waals surface area contributed by atoms with Crippen LogP contribution >= 0.6 is 0 Å². The zero-order valence-corrected chi connectivity index (χ0v) is 18.8. The molecule has 7 rings (SSSR count). The molecule has 6 fully saturated rings. The number of piperazine rings is 1. The molecule has 1 aromatic rings. The van der Waals surface area contributed by atoms with E-state index in [9.17, 15) is 4.79 Å². The molecule has 4 saturated carbocycles. The monoisotopic (exact) mass is 423 g/mol. The van der Waals surface area contributed by atoms with Crippen LogP contribution in [-0.4, -0.2) is 60.0 Å². The molecule has 6 nitrogen and oxygen atoms in total. The molecule has 31 heavy (non-hydrogen) atoms. The fourth-order valence-corrected chi connectivity index (χ4v) is 7.89. The summed E-state index contributed by atoms with van der Waals surface area (Å²) in [5.74, 6) is 5.06. The Morgan fingerprint density at radius 1 is 0.871 bits per heavy atom. The first-order valence-electron chi connectivity index (χ1n) is 12.8. The number of rotatable bonds is 4. The molecular formula is C25H37N5O. The van der Waals surface area contributed by atoms with Crippen LogP contribution in [0.5, 0.6) is 0 Å². The Morgan fingerprint density at radius 3 is 2.16 bits per heavy atom. The van der Waals surface area contributed by atoms with Gasteiger partial charge in [0, 0.05) is 51.9 Å². The Labute approximate surface area is 186 Å². The predicted octanol–water partition coefficient (Wildman–Crippen LogP) is 3.72. The minimum Gasteiger partial charge on any atom is -0.353 e. The highest BCUT2D eigenvalue weighted by Crippen LogP contribution is 2.61. The second-order valence-electron chi connectivity index (χ2n) is 11.2. The van der Waals surface area contributed by atoms with Gasteiger partial charge in [-0.2, -0.15) is 4.98 Å². The van der Waals surface area contributed by atoms with E-state index in [1.807, 2.05) is 12.3 Å². The van der Waals surface area contributed by atoms with Crippen LogP contribution in [-0.2, 0) is 4.79 Å². The van der Waals surface area contributed by atoms with Gasteiger partial charge in [-0.3, -0.25) is 4.79 Å². The largest absolute Gasteiger partial charge is 0.353 e. The Bertz CT molecular complexity index is 777. The van der Waals surface area contributed by atoms with Crippen molar-refractivity contribution in [2.75, 3.05) is 49.1 Å². The molecule has 168 valence electrons. The first kappa shape index (κ1) is 19.8. The summed E-state index contributed by atoms with van der Waals surface area (Å²) in [6.07, 6.45) is 14.8. The van der Waals surface area contributed by atoms with Crippen molar-refractivity contribution in [1.29, 1.82) is 0 Å². The summed E-state index contributed by atoms with van der Waals surface area (Å²) < 4.78 is 0. The summed E-state index contributed by atoms with van der Waals surface area (Å²) >= 11 is 0. The molecule has 6 heteroatoms. The van der Waals surface area contributed by atoms with Crippen LogP contribution in [0.4, 0.5) is 11.8 Å². The van der Waals surface area contributed by atoms with Gasteiger partial charge in [0.1, 0.15) is 5.82 Å². The second-order valence-corrected chi connectivity index (χ2v) is 11.2. The summed E-state index contributed by atoms with van der Waals surface area (Å²) in [7, 11) is 0. The van der Waals surface area contributed by atoms with E-state index in [4.69, 9.17) is 4.98 Å². The summed E-state index contributed by atoms with van der Waals surface area (Å²) in [6, 6.07) is 2.03. The Balaban J connectivity index is 1.06. The van der Waals surface area contributed by atoms with E-state index in [2.05, 4.69) is 19.7 Å². The number of nitrogens with zero attached hydrogens (tertiary/aromatic N) is 5. The number of hydrogen-bond acceptors (Lipinski definition) is 5. The molecule has 0 spiro atoms. The van der Waals surface area contributed by atoms with Gasteiger partial charge in [0.05, 0.1) is 0 Å². The number of amides is 1. The van der Waals surface area contributed by atoms with E-state index >= 15 is 0 Å². The van der Waals surface area contributed by atoms with Crippen LogP contribution in [0.15, 0.2) is 12.3 Å². The van der Waals surface area contributed by atoms with Gasteiger partial charge >= 0.3 is 0 Å². The van der Waals surface area contributed by atoms with Gasteiger partial charge in [0.15, 0.2) is 0 Å². The van der Waals surface area contributed by atoms with Crippen molar-refractivity contribution >= 4 is 17.7 Å². The van der Waals surface area contributed by atoms with E-state index in [1.54, 1.807) is 0 Å². The molecule has 4 bridgehead atoms. The first-order valence-corrected chi connectivity index (χ1v) is 12.8. The molecule has 1 aromatic heterocycles. The van der Waals surface area contributed by atoms with Gasteiger partial charge < -0.3 is 14.7 Å². The molecule has 2 aliphatic heterocycles. The van der Waals surface area contributed by atoms with Crippen LogP contribution in [0.3, 0.4) is 0 Å². The average molecular weight is 424 g/mol. The van der Waals surface area contributed by atoms with E-state index in [0.717, 1.165) is 75.2 Å². The molecule has 6 aliphatic rings. The molecule has 0 atom stereocenters. The van der Waals surface area contributed by atoms with E-state index in [1.165, 1.54) is 57.8 Å². The lowest BCUT2D eigenvalue weighted by Gasteiger charge is -2.57. The van der Waals surface area contributed by atoms with Gasteiger partial charge in [-0.05, 0) is 87.0 Å². The Morgan fingerprint density at radius 2 is 1.52 bits per heavy atom. The topological polar surface area (TPSA) is 52.6 Å². The smallest absolute Gasteiger partial charge is 0.227 e. The van der Waals surface area contributed by atoms with Crippen LogP contribution < -0.4 is 9.80 Å². The normalized spacial score (nSPS) is 35.0. The van der Waals surface area contributed by atoms with Gasteiger partial charge in [-0.25, -0.2) is 4.98 Å².